The van der Waals surface area contributed by atoms with Gasteiger partial charge in [0.1, 0.15) is 0 Å². The number of anilines is 1. The van der Waals surface area contributed by atoms with Crippen LogP contribution in [0.2, 0.25) is 0 Å². The van der Waals surface area contributed by atoms with E-state index in [9.17, 15) is 31.1 Å². The maximum Gasteiger partial charge on any atom is 0.490 e. The van der Waals surface area contributed by atoms with E-state index in [2.05, 4.69) is 43.7 Å². The van der Waals surface area contributed by atoms with Crippen molar-refractivity contribution in [2.24, 2.45) is 5.92 Å². The molecule has 1 aromatic rings. The molecule has 1 aromatic heterocycles. The lowest BCUT2D eigenvalue weighted by atomic mass is 10.0. The summed E-state index contributed by atoms with van der Waals surface area (Å²) in [6, 6.07) is 0.464. The topological polar surface area (TPSA) is 130 Å². The molecule has 0 saturated carbocycles. The highest BCUT2D eigenvalue weighted by molar-refractivity contribution is 5.82. The highest BCUT2D eigenvalue weighted by Gasteiger charge is 2.48. The molecule has 3 aliphatic heterocycles. The van der Waals surface area contributed by atoms with Gasteiger partial charge in [-0.1, -0.05) is 0 Å². The Bertz CT molecular complexity index is 977. The number of carbonyl (C=O) groups excluding carboxylic acids is 1. The van der Waals surface area contributed by atoms with Gasteiger partial charge < -0.3 is 24.9 Å². The lowest BCUT2D eigenvalue weighted by Gasteiger charge is -2.36. The van der Waals surface area contributed by atoms with Crippen LogP contribution in [-0.2, 0) is 14.4 Å². The fraction of sp³-hybridized carbons (Fsp3) is 0.682. The van der Waals surface area contributed by atoms with Gasteiger partial charge in [0.05, 0.1) is 6.04 Å². The van der Waals surface area contributed by atoms with Gasteiger partial charge in [-0.25, -0.2) is 19.6 Å². The Morgan fingerprint density at radius 1 is 0.872 bits per heavy atom. The van der Waals surface area contributed by atoms with Crippen molar-refractivity contribution in [3.05, 3.63) is 18.0 Å². The van der Waals surface area contributed by atoms with E-state index in [0.717, 1.165) is 57.2 Å². The number of hydrogen-bond acceptors (Lipinski definition) is 8. The van der Waals surface area contributed by atoms with Crippen LogP contribution < -0.4 is 4.90 Å². The summed E-state index contributed by atoms with van der Waals surface area (Å²) < 4.78 is 63.5. The molecule has 0 bridgehead atoms. The van der Waals surface area contributed by atoms with Gasteiger partial charge in [-0.05, 0) is 38.9 Å². The molecule has 2 N–H and O–H groups in total. The van der Waals surface area contributed by atoms with Crippen molar-refractivity contribution in [3.8, 4) is 0 Å². The van der Waals surface area contributed by atoms with Crippen molar-refractivity contribution in [1.82, 2.24) is 24.7 Å². The predicted molar refractivity (Wildman–Crippen MR) is 124 cm³/mol. The molecule has 0 spiro atoms. The third-order valence-corrected chi connectivity index (χ3v) is 6.58. The van der Waals surface area contributed by atoms with Gasteiger partial charge in [0, 0.05) is 57.7 Å². The number of nitrogens with zero attached hydrogens (tertiary/aromatic N) is 6. The van der Waals surface area contributed by atoms with E-state index in [0.29, 0.717) is 17.9 Å². The van der Waals surface area contributed by atoms with Gasteiger partial charge in [0.2, 0.25) is 11.9 Å². The number of alkyl halides is 6. The van der Waals surface area contributed by atoms with E-state index in [1.807, 2.05) is 19.3 Å². The number of aromatic nitrogens is 2. The van der Waals surface area contributed by atoms with Crippen LogP contribution in [0.25, 0.3) is 0 Å². The molecular formula is C22H30F6N6O5. The Balaban J connectivity index is 0.000000317. The van der Waals surface area contributed by atoms with Crippen molar-refractivity contribution < 1.29 is 50.9 Å². The summed E-state index contributed by atoms with van der Waals surface area (Å²) in [6.07, 6.45) is -5.46. The summed E-state index contributed by atoms with van der Waals surface area (Å²) in [5, 5.41) is 14.2. The van der Waals surface area contributed by atoms with Crippen LogP contribution in [-0.4, -0.2) is 131 Å². The first-order valence-electron chi connectivity index (χ1n) is 11.7. The van der Waals surface area contributed by atoms with Gasteiger partial charge >= 0.3 is 24.3 Å². The zero-order valence-corrected chi connectivity index (χ0v) is 21.4. The molecule has 1 amide bonds. The second-order valence-electron chi connectivity index (χ2n) is 9.44. The van der Waals surface area contributed by atoms with Crippen LogP contribution >= 0.6 is 0 Å². The maximum absolute atomic E-state index is 13.0. The molecule has 3 atom stereocenters. The number of aryl methyl sites for hydroxylation is 1. The Labute approximate surface area is 220 Å². The van der Waals surface area contributed by atoms with Crippen LogP contribution in [0.4, 0.5) is 32.3 Å². The molecular weight excluding hydrogens is 542 g/mol. The molecule has 17 heteroatoms. The number of rotatable bonds is 2. The van der Waals surface area contributed by atoms with Crippen LogP contribution in [0.15, 0.2) is 12.4 Å². The normalized spacial score (nSPS) is 23.8. The molecule has 4 heterocycles. The number of carboxylic acid groups (broad SMARTS) is 2. The smallest absolute Gasteiger partial charge is 0.475 e. The van der Waals surface area contributed by atoms with Crippen molar-refractivity contribution in [3.63, 3.8) is 0 Å². The fourth-order valence-corrected chi connectivity index (χ4v) is 4.46. The molecule has 3 saturated heterocycles. The predicted octanol–water partition coefficient (Wildman–Crippen LogP) is 1.33. The standard InChI is InChI=1S/C18H28N6O.2C2HF3O2/c1-13-9-19-18(20-10-13)24-11-14-8-15(22(3)16(14)12-24)17(25)23-6-4-21(2)5-7-23;2*3-2(4,5)1(6)7/h9-10,14-16H,4-8,11-12H2,1-3H3;2*(H,6,7)/t14-,15-,16+;;/m1../s1. The van der Waals surface area contributed by atoms with Gasteiger partial charge in [-0.3, -0.25) is 9.69 Å². The second-order valence-corrected chi connectivity index (χ2v) is 9.44. The van der Waals surface area contributed by atoms with Crippen molar-refractivity contribution in [2.45, 2.75) is 37.8 Å². The first-order valence-corrected chi connectivity index (χ1v) is 11.7. The van der Waals surface area contributed by atoms with E-state index in [4.69, 9.17) is 19.8 Å². The van der Waals surface area contributed by atoms with Crippen LogP contribution in [0.5, 0.6) is 0 Å². The average molecular weight is 573 g/mol. The number of aliphatic carboxylic acids is 2. The SMILES string of the molecule is Cc1cnc(N2C[C@H]3C[C@H](C(=O)N4CCN(C)CC4)N(C)[C@H]3C2)nc1.O=C(O)C(F)(F)F.O=C(O)C(F)(F)F. The second kappa shape index (κ2) is 12.8. The minimum atomic E-state index is -5.08. The lowest BCUT2D eigenvalue weighted by Crippen LogP contribution is -2.53. The minimum Gasteiger partial charge on any atom is -0.475 e. The summed E-state index contributed by atoms with van der Waals surface area (Å²) in [6.45, 7) is 7.55. The molecule has 0 unspecified atom stereocenters. The minimum absolute atomic E-state index is 0.0412. The number of halogens is 6. The van der Waals surface area contributed by atoms with Gasteiger partial charge in [-0.15, -0.1) is 0 Å². The Hall–Kier alpha value is -3.21. The number of amides is 1. The van der Waals surface area contributed by atoms with Crippen molar-refractivity contribution in [1.29, 1.82) is 0 Å². The number of piperazine rings is 1. The van der Waals surface area contributed by atoms with E-state index in [1.54, 1.807) is 0 Å². The first kappa shape index (κ1) is 32.0. The summed E-state index contributed by atoms with van der Waals surface area (Å²) in [5.74, 6) is -3.85. The molecule has 3 fully saturated rings. The molecule has 220 valence electrons. The fourth-order valence-electron chi connectivity index (χ4n) is 4.46. The summed E-state index contributed by atoms with van der Waals surface area (Å²) in [4.78, 5) is 48.6. The molecule has 3 aliphatic rings. The monoisotopic (exact) mass is 572 g/mol. The maximum atomic E-state index is 13.0. The molecule has 39 heavy (non-hydrogen) atoms. The Morgan fingerprint density at radius 3 is 1.74 bits per heavy atom. The van der Waals surface area contributed by atoms with Crippen LogP contribution in [0.3, 0.4) is 0 Å². The van der Waals surface area contributed by atoms with Crippen molar-refractivity contribution in [2.75, 3.05) is 58.3 Å². The van der Waals surface area contributed by atoms with E-state index in [1.165, 1.54) is 0 Å². The third kappa shape index (κ3) is 8.91. The zero-order chi connectivity index (χ0) is 29.7. The third-order valence-electron chi connectivity index (χ3n) is 6.58. The molecule has 11 nitrogen and oxygen atoms in total. The molecule has 0 aromatic carbocycles. The molecule has 0 radical (unpaired) electrons. The van der Waals surface area contributed by atoms with Crippen LogP contribution in [0, 0.1) is 12.8 Å². The average Bonchev–Trinajstić information content (AvgIpc) is 3.38. The van der Waals surface area contributed by atoms with Gasteiger partial charge in [0.25, 0.3) is 0 Å². The largest absolute Gasteiger partial charge is 0.490 e. The number of fused-ring (bicyclic) bond motifs is 1. The summed E-state index contributed by atoms with van der Waals surface area (Å²) >= 11 is 0. The zero-order valence-electron chi connectivity index (χ0n) is 21.4. The van der Waals surface area contributed by atoms with E-state index < -0.39 is 24.3 Å². The van der Waals surface area contributed by atoms with Gasteiger partial charge in [-0.2, -0.15) is 26.3 Å². The summed E-state index contributed by atoms with van der Waals surface area (Å²) in [5.41, 5.74) is 1.08. The number of carboxylic acids is 2. The quantitative estimate of drug-likeness (QED) is 0.501. The highest BCUT2D eigenvalue weighted by atomic mass is 19.4. The Kier molecular flexibility index (Phi) is 10.5. The van der Waals surface area contributed by atoms with Gasteiger partial charge in [0.15, 0.2) is 0 Å². The number of carbonyl (C=O) groups is 3. The number of hydrogen-bond donors (Lipinski definition) is 2. The van der Waals surface area contributed by atoms with E-state index in [-0.39, 0.29) is 6.04 Å². The van der Waals surface area contributed by atoms with Crippen molar-refractivity contribution >= 4 is 23.8 Å². The van der Waals surface area contributed by atoms with Crippen LogP contribution in [0.1, 0.15) is 12.0 Å². The molecule has 4 rings (SSSR count). The number of likely N-dealkylation sites (tertiary alicyclic amines) is 1. The first-order chi connectivity index (χ1) is 17.9. The van der Waals surface area contributed by atoms with E-state index >= 15 is 0 Å². The highest BCUT2D eigenvalue weighted by Crippen LogP contribution is 2.36. The Morgan fingerprint density at radius 2 is 1.33 bits per heavy atom. The molecule has 0 aliphatic carbocycles. The number of likely N-dealkylation sites (N-methyl/N-ethyl adjacent to an activating group) is 2. The summed E-state index contributed by atoms with van der Waals surface area (Å²) in [7, 11) is 4.23. The lowest BCUT2D eigenvalue weighted by molar-refractivity contribution is -0.193.